The first-order valence-electron chi connectivity index (χ1n) is 11.8. The summed E-state index contributed by atoms with van der Waals surface area (Å²) in [6.45, 7) is 13.0. The first-order chi connectivity index (χ1) is 14.0. The Morgan fingerprint density at radius 1 is 1.27 bits per heavy atom. The molecule has 6 atom stereocenters. The number of hydrogen-bond donors (Lipinski definition) is 3. The highest BCUT2D eigenvalue weighted by Gasteiger charge is 2.51. The van der Waals surface area contributed by atoms with Crippen molar-refractivity contribution in [2.45, 2.75) is 103 Å². The standard InChI is InChI=1S/C26H42O4/c1-17-20(15-21(27)16-24(17)28)9-8-19-7-6-12-26(5)22(10-11-23(19)26)18(2)30-14-13-25(3,4)29/h8-9,18,21-24,27-29H,1,6-7,10-16H2,2-5H3/b19-8+,20-9-/t18-,21+,22+,23?,24-,26?/m0/s1. The van der Waals surface area contributed by atoms with E-state index < -0.39 is 17.8 Å². The van der Waals surface area contributed by atoms with E-state index in [1.807, 2.05) is 13.8 Å². The van der Waals surface area contributed by atoms with E-state index in [-0.39, 0.29) is 11.5 Å². The van der Waals surface area contributed by atoms with E-state index in [9.17, 15) is 15.3 Å². The van der Waals surface area contributed by atoms with Gasteiger partial charge >= 0.3 is 0 Å². The average molecular weight is 419 g/mol. The molecule has 3 fully saturated rings. The van der Waals surface area contributed by atoms with Gasteiger partial charge in [-0.3, -0.25) is 0 Å². The Morgan fingerprint density at radius 3 is 2.70 bits per heavy atom. The first kappa shape index (κ1) is 23.7. The highest BCUT2D eigenvalue weighted by Crippen LogP contribution is 2.58. The molecule has 0 aromatic heterocycles. The van der Waals surface area contributed by atoms with Crippen LogP contribution in [0.25, 0.3) is 0 Å². The Kier molecular flexibility index (Phi) is 7.33. The van der Waals surface area contributed by atoms with Gasteiger partial charge < -0.3 is 20.1 Å². The van der Waals surface area contributed by atoms with Crippen LogP contribution in [0, 0.1) is 17.3 Å². The molecule has 0 aromatic carbocycles. The smallest absolute Gasteiger partial charge is 0.0811 e. The van der Waals surface area contributed by atoms with Crippen LogP contribution in [0.4, 0.5) is 0 Å². The minimum atomic E-state index is -0.680. The topological polar surface area (TPSA) is 69.9 Å². The van der Waals surface area contributed by atoms with Crippen molar-refractivity contribution in [3.8, 4) is 0 Å². The van der Waals surface area contributed by atoms with Crippen molar-refractivity contribution in [1.29, 1.82) is 0 Å². The highest BCUT2D eigenvalue weighted by molar-refractivity contribution is 5.38. The number of aliphatic hydroxyl groups excluding tert-OH is 2. The molecule has 3 N–H and O–H groups in total. The lowest BCUT2D eigenvalue weighted by Crippen LogP contribution is -2.39. The Labute approximate surface area is 182 Å². The Morgan fingerprint density at radius 2 is 2.00 bits per heavy atom. The summed E-state index contributed by atoms with van der Waals surface area (Å²) in [6.07, 6.45) is 11.0. The van der Waals surface area contributed by atoms with Crippen LogP contribution in [0.2, 0.25) is 0 Å². The molecule has 0 aromatic rings. The molecular formula is C26H42O4. The third-order valence-electron chi connectivity index (χ3n) is 7.96. The summed E-state index contributed by atoms with van der Waals surface area (Å²) in [5.74, 6) is 1.11. The SMILES string of the molecule is C=C1/C(=C\C=C2/CCCC3(C)C2CC[C@@H]3[C@H](C)OCCC(C)(C)O)C[C@@H](O)C[C@@H]1O. The van der Waals surface area contributed by atoms with Gasteiger partial charge in [-0.15, -0.1) is 0 Å². The van der Waals surface area contributed by atoms with Crippen LogP contribution in [0.15, 0.2) is 35.5 Å². The third kappa shape index (κ3) is 5.27. The van der Waals surface area contributed by atoms with Gasteiger partial charge in [0.25, 0.3) is 0 Å². The quantitative estimate of drug-likeness (QED) is 0.585. The Balaban J connectivity index is 1.70. The van der Waals surface area contributed by atoms with Gasteiger partial charge in [0, 0.05) is 13.0 Å². The molecule has 0 heterocycles. The zero-order valence-electron chi connectivity index (χ0n) is 19.4. The van der Waals surface area contributed by atoms with E-state index in [4.69, 9.17) is 4.74 Å². The maximum Gasteiger partial charge on any atom is 0.0811 e. The van der Waals surface area contributed by atoms with Crippen LogP contribution in [-0.4, -0.2) is 45.8 Å². The predicted molar refractivity (Wildman–Crippen MR) is 121 cm³/mol. The van der Waals surface area contributed by atoms with Crippen LogP contribution in [0.1, 0.15) is 79.1 Å². The molecule has 4 heteroatoms. The fourth-order valence-corrected chi connectivity index (χ4v) is 6.13. The van der Waals surface area contributed by atoms with Gasteiger partial charge in [-0.25, -0.2) is 0 Å². The number of fused-ring (bicyclic) bond motifs is 1. The maximum atomic E-state index is 10.1. The van der Waals surface area contributed by atoms with Crippen molar-refractivity contribution in [1.82, 2.24) is 0 Å². The minimum absolute atomic E-state index is 0.198. The second-order valence-electron chi connectivity index (χ2n) is 10.8. The second-order valence-corrected chi connectivity index (χ2v) is 10.8. The van der Waals surface area contributed by atoms with E-state index >= 15 is 0 Å². The molecule has 2 unspecified atom stereocenters. The van der Waals surface area contributed by atoms with Crippen LogP contribution in [0.5, 0.6) is 0 Å². The van der Waals surface area contributed by atoms with Gasteiger partial charge in [0.2, 0.25) is 0 Å². The van der Waals surface area contributed by atoms with Crippen molar-refractivity contribution < 1.29 is 20.1 Å². The van der Waals surface area contributed by atoms with Crippen molar-refractivity contribution >= 4 is 0 Å². The molecule has 3 saturated carbocycles. The third-order valence-corrected chi connectivity index (χ3v) is 7.96. The lowest BCUT2D eigenvalue weighted by Gasteiger charge is -2.44. The first-order valence-corrected chi connectivity index (χ1v) is 11.8. The summed E-state index contributed by atoms with van der Waals surface area (Å²) in [6, 6.07) is 0. The lowest BCUT2D eigenvalue weighted by molar-refractivity contribution is -0.0454. The maximum absolute atomic E-state index is 10.1. The average Bonchev–Trinajstić information content (AvgIpc) is 3.00. The number of rotatable bonds is 6. The van der Waals surface area contributed by atoms with E-state index in [1.54, 1.807) is 0 Å². The molecule has 0 bridgehead atoms. The van der Waals surface area contributed by atoms with E-state index in [2.05, 4.69) is 32.6 Å². The van der Waals surface area contributed by atoms with E-state index in [0.717, 1.165) is 17.6 Å². The lowest BCUT2D eigenvalue weighted by atomic mass is 9.62. The van der Waals surface area contributed by atoms with Gasteiger partial charge in [0.1, 0.15) is 0 Å². The molecule has 0 amide bonds. The van der Waals surface area contributed by atoms with Gasteiger partial charge in [-0.1, -0.05) is 31.2 Å². The van der Waals surface area contributed by atoms with Crippen LogP contribution in [-0.2, 0) is 4.74 Å². The number of aliphatic hydroxyl groups is 3. The van der Waals surface area contributed by atoms with Crippen LogP contribution >= 0.6 is 0 Å². The summed E-state index contributed by atoms with van der Waals surface area (Å²) in [5.41, 5.74) is 2.82. The molecule has 3 aliphatic rings. The molecule has 30 heavy (non-hydrogen) atoms. The largest absolute Gasteiger partial charge is 0.393 e. The fraction of sp³-hybridized carbons (Fsp3) is 0.769. The van der Waals surface area contributed by atoms with Gasteiger partial charge in [-0.2, -0.15) is 0 Å². The Bertz CT molecular complexity index is 686. The summed E-state index contributed by atoms with van der Waals surface area (Å²) < 4.78 is 6.19. The van der Waals surface area contributed by atoms with Gasteiger partial charge in [0.15, 0.2) is 0 Å². The zero-order valence-corrected chi connectivity index (χ0v) is 19.4. The van der Waals surface area contributed by atoms with Crippen LogP contribution in [0.3, 0.4) is 0 Å². The van der Waals surface area contributed by atoms with Gasteiger partial charge in [-0.05, 0) is 94.1 Å². The Hall–Kier alpha value is -0.940. The summed E-state index contributed by atoms with van der Waals surface area (Å²) >= 11 is 0. The molecule has 0 radical (unpaired) electrons. The zero-order chi connectivity index (χ0) is 22.1. The second kappa shape index (κ2) is 9.28. The molecule has 0 saturated heterocycles. The highest BCUT2D eigenvalue weighted by atomic mass is 16.5. The predicted octanol–water partition coefficient (Wildman–Crippen LogP) is 4.69. The summed E-state index contributed by atoms with van der Waals surface area (Å²) in [7, 11) is 0. The molecule has 4 nitrogen and oxygen atoms in total. The molecule has 3 rings (SSSR count). The molecule has 170 valence electrons. The van der Waals surface area contributed by atoms with Gasteiger partial charge in [0.05, 0.1) is 23.9 Å². The van der Waals surface area contributed by atoms with Crippen LogP contribution < -0.4 is 0 Å². The normalized spacial score (nSPS) is 38.8. The number of ether oxygens (including phenoxy) is 1. The number of allylic oxidation sites excluding steroid dienone is 3. The van der Waals surface area contributed by atoms with Crippen molar-refractivity contribution in [2.75, 3.05) is 6.61 Å². The van der Waals surface area contributed by atoms with Crippen molar-refractivity contribution in [2.24, 2.45) is 17.3 Å². The van der Waals surface area contributed by atoms with E-state index in [0.29, 0.717) is 37.7 Å². The summed E-state index contributed by atoms with van der Waals surface area (Å²) in [5, 5.41) is 30.1. The fourth-order valence-electron chi connectivity index (χ4n) is 6.13. The molecule has 0 aliphatic heterocycles. The summed E-state index contributed by atoms with van der Waals surface area (Å²) in [4.78, 5) is 0. The number of hydrogen-bond acceptors (Lipinski definition) is 4. The van der Waals surface area contributed by atoms with E-state index in [1.165, 1.54) is 31.3 Å². The molecular weight excluding hydrogens is 376 g/mol. The molecule has 3 aliphatic carbocycles. The van der Waals surface area contributed by atoms with Crippen molar-refractivity contribution in [3.63, 3.8) is 0 Å². The van der Waals surface area contributed by atoms with Crippen molar-refractivity contribution in [3.05, 3.63) is 35.5 Å². The molecule has 0 spiro atoms. The monoisotopic (exact) mass is 418 g/mol. The minimum Gasteiger partial charge on any atom is -0.393 e.